The van der Waals surface area contributed by atoms with Crippen LogP contribution < -0.4 is 10.5 Å². The van der Waals surface area contributed by atoms with Crippen molar-refractivity contribution in [2.45, 2.75) is 6.61 Å². The fraction of sp³-hybridized carbons (Fsp3) is 0.0714. The van der Waals surface area contributed by atoms with Crippen molar-refractivity contribution in [3.8, 4) is 5.75 Å². The third-order valence-corrected chi connectivity index (χ3v) is 3.35. The first-order chi connectivity index (χ1) is 10.0. The van der Waals surface area contributed by atoms with Crippen LogP contribution in [0.5, 0.6) is 5.75 Å². The lowest BCUT2D eigenvalue weighted by Crippen LogP contribution is -1.99. The van der Waals surface area contributed by atoms with Gasteiger partial charge in [-0.2, -0.15) is 0 Å². The van der Waals surface area contributed by atoms with Gasteiger partial charge >= 0.3 is 0 Å². The molecule has 21 heavy (non-hydrogen) atoms. The first kappa shape index (κ1) is 13.8. The molecule has 0 radical (unpaired) electrons. The Morgan fingerprint density at radius 3 is 2.81 bits per heavy atom. The minimum absolute atomic E-state index is 0.0876. The highest BCUT2D eigenvalue weighted by Gasteiger charge is 2.13. The Bertz CT molecular complexity index is 797. The number of nitrogen functional groups attached to an aromatic ring is 1. The molecule has 0 aliphatic carbocycles. The Morgan fingerprint density at radius 2 is 2.05 bits per heavy atom. The van der Waals surface area contributed by atoms with Gasteiger partial charge in [-0.05, 0) is 34.1 Å². The van der Waals surface area contributed by atoms with Crippen molar-refractivity contribution in [2.75, 3.05) is 5.73 Å². The Balaban J connectivity index is 1.83. The average molecular weight is 355 g/mol. The van der Waals surface area contributed by atoms with Gasteiger partial charge < -0.3 is 14.9 Å². The molecule has 2 aromatic carbocycles. The fourth-order valence-electron chi connectivity index (χ4n) is 1.85. The van der Waals surface area contributed by atoms with E-state index in [1.165, 1.54) is 0 Å². The highest BCUT2D eigenvalue weighted by atomic mass is 79.9. The van der Waals surface area contributed by atoms with Gasteiger partial charge in [-0.15, -0.1) is 0 Å². The summed E-state index contributed by atoms with van der Waals surface area (Å²) >= 11 is 3.04. The van der Waals surface area contributed by atoms with E-state index in [9.17, 15) is 8.78 Å². The van der Waals surface area contributed by atoms with E-state index < -0.39 is 11.6 Å². The Morgan fingerprint density at radius 1 is 1.24 bits per heavy atom. The predicted molar refractivity (Wildman–Crippen MR) is 76.8 cm³/mol. The third-order valence-electron chi connectivity index (χ3n) is 2.76. The van der Waals surface area contributed by atoms with Gasteiger partial charge in [0.25, 0.3) is 0 Å². The molecule has 0 aliphatic heterocycles. The summed E-state index contributed by atoms with van der Waals surface area (Å²) in [5.41, 5.74) is 7.34. The first-order valence-corrected chi connectivity index (χ1v) is 6.74. The van der Waals surface area contributed by atoms with Crippen LogP contribution in [0.3, 0.4) is 0 Å². The van der Waals surface area contributed by atoms with E-state index in [0.29, 0.717) is 16.8 Å². The van der Waals surface area contributed by atoms with Crippen LogP contribution in [0.15, 0.2) is 39.2 Å². The average Bonchev–Trinajstić information content (AvgIpc) is 2.79. The third kappa shape index (κ3) is 2.82. The molecular weight excluding hydrogens is 346 g/mol. The molecule has 0 aliphatic rings. The number of hydrogen-bond acceptors (Lipinski definition) is 4. The zero-order chi connectivity index (χ0) is 15.0. The molecular formula is C14H9BrF2N2O2. The van der Waals surface area contributed by atoms with Gasteiger partial charge in [0.2, 0.25) is 5.89 Å². The number of ether oxygens (including phenoxy) is 1. The van der Waals surface area contributed by atoms with Crippen LogP contribution in [0.1, 0.15) is 5.89 Å². The minimum atomic E-state index is -0.803. The van der Waals surface area contributed by atoms with Crippen LogP contribution in [0.25, 0.3) is 11.1 Å². The van der Waals surface area contributed by atoms with E-state index in [1.807, 2.05) is 0 Å². The van der Waals surface area contributed by atoms with Gasteiger partial charge in [0.1, 0.15) is 11.3 Å². The molecule has 3 aromatic rings. The molecule has 1 aromatic heterocycles. The second-order valence-corrected chi connectivity index (χ2v) is 5.18. The van der Waals surface area contributed by atoms with Gasteiger partial charge in [0, 0.05) is 17.8 Å². The normalized spacial score (nSPS) is 11.0. The molecule has 0 bridgehead atoms. The summed E-state index contributed by atoms with van der Waals surface area (Å²) in [4.78, 5) is 4.19. The van der Waals surface area contributed by atoms with Crippen molar-refractivity contribution in [2.24, 2.45) is 0 Å². The lowest BCUT2D eigenvalue weighted by Gasteiger charge is -2.07. The molecule has 1 heterocycles. The van der Waals surface area contributed by atoms with Crippen molar-refractivity contribution < 1.29 is 17.9 Å². The number of aromatic nitrogens is 1. The summed E-state index contributed by atoms with van der Waals surface area (Å²) in [7, 11) is 0. The Hall–Kier alpha value is -2.15. The molecule has 7 heteroatoms. The lowest BCUT2D eigenvalue weighted by molar-refractivity contribution is 0.253. The van der Waals surface area contributed by atoms with Crippen molar-refractivity contribution in [3.63, 3.8) is 0 Å². The maximum atomic E-state index is 13.6. The number of rotatable bonds is 3. The summed E-state index contributed by atoms with van der Waals surface area (Å²) in [5.74, 6) is -1.32. The number of halogens is 3. The molecule has 0 amide bonds. The van der Waals surface area contributed by atoms with E-state index in [-0.39, 0.29) is 22.7 Å². The van der Waals surface area contributed by atoms with E-state index in [0.717, 1.165) is 12.1 Å². The zero-order valence-electron chi connectivity index (χ0n) is 10.6. The number of fused-ring (bicyclic) bond motifs is 1. The van der Waals surface area contributed by atoms with E-state index >= 15 is 0 Å². The quantitative estimate of drug-likeness (QED) is 0.721. The summed E-state index contributed by atoms with van der Waals surface area (Å²) in [6.07, 6.45) is 0. The second-order valence-electron chi connectivity index (χ2n) is 4.32. The number of hydrogen-bond donors (Lipinski definition) is 1. The SMILES string of the molecule is Nc1ccc2nc(COc3c(F)cc(F)cc3Br)oc2c1. The van der Waals surface area contributed by atoms with Crippen molar-refractivity contribution >= 4 is 32.7 Å². The summed E-state index contributed by atoms with van der Waals surface area (Å²) in [5, 5.41) is 0. The van der Waals surface area contributed by atoms with E-state index in [2.05, 4.69) is 20.9 Å². The monoisotopic (exact) mass is 354 g/mol. The summed E-state index contributed by atoms with van der Waals surface area (Å²) < 4.78 is 37.5. The van der Waals surface area contributed by atoms with Crippen molar-refractivity contribution in [1.82, 2.24) is 4.98 Å². The lowest BCUT2D eigenvalue weighted by atomic mass is 10.3. The molecule has 0 saturated carbocycles. The maximum Gasteiger partial charge on any atom is 0.233 e. The number of oxazole rings is 1. The molecule has 4 nitrogen and oxygen atoms in total. The topological polar surface area (TPSA) is 61.3 Å². The smallest absolute Gasteiger partial charge is 0.233 e. The maximum absolute atomic E-state index is 13.6. The van der Waals surface area contributed by atoms with Gasteiger partial charge in [-0.3, -0.25) is 0 Å². The van der Waals surface area contributed by atoms with Gasteiger partial charge in [-0.1, -0.05) is 0 Å². The van der Waals surface area contributed by atoms with Crippen LogP contribution in [0, 0.1) is 11.6 Å². The molecule has 0 saturated heterocycles. The molecule has 3 rings (SSSR count). The first-order valence-electron chi connectivity index (χ1n) is 5.95. The Labute approximate surface area is 126 Å². The van der Waals surface area contributed by atoms with E-state index in [4.69, 9.17) is 14.9 Å². The predicted octanol–water partition coefficient (Wildman–Crippen LogP) is 4.03. The minimum Gasteiger partial charge on any atom is -0.480 e. The number of benzene rings is 2. The number of nitrogens with two attached hydrogens (primary N) is 1. The molecule has 0 atom stereocenters. The van der Waals surface area contributed by atoms with Crippen LogP contribution in [-0.2, 0) is 6.61 Å². The molecule has 0 fully saturated rings. The number of nitrogens with zero attached hydrogens (tertiary/aromatic N) is 1. The van der Waals surface area contributed by atoms with E-state index in [1.54, 1.807) is 18.2 Å². The van der Waals surface area contributed by atoms with Gasteiger partial charge in [0.15, 0.2) is 23.8 Å². The zero-order valence-corrected chi connectivity index (χ0v) is 12.2. The second kappa shape index (κ2) is 5.33. The highest BCUT2D eigenvalue weighted by molar-refractivity contribution is 9.10. The van der Waals surface area contributed by atoms with Crippen LogP contribution in [-0.4, -0.2) is 4.98 Å². The fourth-order valence-corrected chi connectivity index (χ4v) is 2.37. The van der Waals surface area contributed by atoms with Crippen molar-refractivity contribution in [1.29, 1.82) is 0 Å². The number of anilines is 1. The molecule has 2 N–H and O–H groups in total. The van der Waals surface area contributed by atoms with Crippen LogP contribution in [0.4, 0.5) is 14.5 Å². The standard InChI is InChI=1S/C14H9BrF2N2O2/c15-9-3-7(16)4-10(17)14(9)20-6-13-19-11-2-1-8(18)5-12(11)21-13/h1-5H,6,18H2. The Kier molecular flexibility index (Phi) is 3.50. The molecule has 0 spiro atoms. The van der Waals surface area contributed by atoms with Crippen LogP contribution in [0.2, 0.25) is 0 Å². The molecule has 108 valence electrons. The van der Waals surface area contributed by atoms with Crippen molar-refractivity contribution in [3.05, 3.63) is 52.3 Å². The highest BCUT2D eigenvalue weighted by Crippen LogP contribution is 2.30. The largest absolute Gasteiger partial charge is 0.480 e. The van der Waals surface area contributed by atoms with Gasteiger partial charge in [-0.25, -0.2) is 13.8 Å². The molecule has 0 unspecified atom stereocenters. The van der Waals surface area contributed by atoms with Crippen LogP contribution >= 0.6 is 15.9 Å². The summed E-state index contributed by atoms with van der Waals surface area (Å²) in [6, 6.07) is 6.91. The van der Waals surface area contributed by atoms with Gasteiger partial charge in [0.05, 0.1) is 4.47 Å². The summed E-state index contributed by atoms with van der Waals surface area (Å²) in [6.45, 7) is -0.0876.